The molecule has 1 unspecified atom stereocenters. The number of hydrogen-bond donors (Lipinski definition) is 2. The van der Waals surface area contributed by atoms with Gasteiger partial charge in [0.05, 0.1) is 33.5 Å². The number of nitrogens with one attached hydrogen (secondary N) is 1. The van der Waals surface area contributed by atoms with Crippen LogP contribution in [0.5, 0.6) is 11.5 Å². The number of aryl methyl sites for hydroxylation is 1. The second-order valence-corrected chi connectivity index (χ2v) is 5.81. The molecule has 0 spiro atoms. The molecule has 0 radical (unpaired) electrons. The Morgan fingerprint density at radius 2 is 1.69 bits per heavy atom. The van der Waals surface area contributed by atoms with Crippen LogP contribution in [0.15, 0.2) is 42.5 Å². The van der Waals surface area contributed by atoms with Crippen molar-refractivity contribution in [3.63, 3.8) is 0 Å². The van der Waals surface area contributed by atoms with Gasteiger partial charge >= 0.3 is 0 Å². The largest absolute Gasteiger partial charge is 0.497 e. The number of methoxy groups -OCH3 is 2. The van der Waals surface area contributed by atoms with Gasteiger partial charge in [0.2, 0.25) is 0 Å². The summed E-state index contributed by atoms with van der Waals surface area (Å²) in [5.41, 5.74) is 2.51. The van der Waals surface area contributed by atoms with E-state index in [9.17, 15) is 4.79 Å². The van der Waals surface area contributed by atoms with E-state index < -0.39 is 0 Å². The van der Waals surface area contributed by atoms with Crippen molar-refractivity contribution in [1.29, 1.82) is 0 Å². The molecule has 0 heterocycles. The van der Waals surface area contributed by atoms with Crippen LogP contribution in [0.4, 0.5) is 0 Å². The molecule has 0 saturated heterocycles. The molecule has 26 heavy (non-hydrogen) atoms. The number of carbonyl (C=O) groups is 1. The van der Waals surface area contributed by atoms with Crippen LogP contribution in [0.1, 0.15) is 27.6 Å². The predicted molar refractivity (Wildman–Crippen MR) is 98.8 cm³/mol. The molecule has 2 aromatic rings. The Morgan fingerprint density at radius 3 is 2.23 bits per heavy atom. The third-order valence-corrected chi connectivity index (χ3v) is 3.92. The van der Waals surface area contributed by atoms with E-state index in [1.54, 1.807) is 18.2 Å². The van der Waals surface area contributed by atoms with Crippen LogP contribution < -0.4 is 14.8 Å². The molecule has 0 aromatic heterocycles. The van der Waals surface area contributed by atoms with E-state index in [4.69, 9.17) is 19.3 Å². The standard InChI is InChI=1S/C20H25NO5/c1-14-4-6-15(7-5-14)19(26-9-8-22)13-21-20(23)16-10-17(24-2)12-18(11-16)25-3/h4-7,10-12,19,22H,8-9,13H2,1-3H3,(H,21,23). The average Bonchev–Trinajstić information content (AvgIpc) is 2.68. The van der Waals surface area contributed by atoms with Gasteiger partial charge in [-0.1, -0.05) is 29.8 Å². The lowest BCUT2D eigenvalue weighted by Gasteiger charge is -2.19. The van der Waals surface area contributed by atoms with Crippen molar-refractivity contribution in [3.8, 4) is 11.5 Å². The highest BCUT2D eigenvalue weighted by molar-refractivity contribution is 5.95. The van der Waals surface area contributed by atoms with Gasteiger partial charge in [0.15, 0.2) is 0 Å². The molecule has 0 saturated carbocycles. The zero-order valence-corrected chi connectivity index (χ0v) is 15.3. The van der Waals surface area contributed by atoms with Crippen molar-refractivity contribution in [3.05, 3.63) is 59.2 Å². The van der Waals surface area contributed by atoms with Crippen LogP contribution in [0.25, 0.3) is 0 Å². The summed E-state index contributed by atoms with van der Waals surface area (Å²) in [5.74, 6) is 0.828. The van der Waals surface area contributed by atoms with Crippen LogP contribution in [0, 0.1) is 6.92 Å². The Balaban J connectivity index is 2.09. The maximum absolute atomic E-state index is 12.5. The van der Waals surface area contributed by atoms with Gasteiger partial charge in [-0.3, -0.25) is 4.79 Å². The minimum atomic E-state index is -0.348. The minimum Gasteiger partial charge on any atom is -0.497 e. The van der Waals surface area contributed by atoms with Gasteiger partial charge in [-0.15, -0.1) is 0 Å². The van der Waals surface area contributed by atoms with Crippen LogP contribution in [-0.4, -0.2) is 45.0 Å². The number of aliphatic hydroxyl groups excluding tert-OH is 1. The summed E-state index contributed by atoms with van der Waals surface area (Å²) in [6.45, 7) is 2.40. The second kappa shape index (κ2) is 9.79. The summed E-state index contributed by atoms with van der Waals surface area (Å²) in [4.78, 5) is 12.5. The van der Waals surface area contributed by atoms with Gasteiger partial charge in [-0.25, -0.2) is 0 Å². The van der Waals surface area contributed by atoms with E-state index in [-0.39, 0.29) is 31.8 Å². The highest BCUT2D eigenvalue weighted by atomic mass is 16.5. The molecule has 1 amide bonds. The molecule has 0 aliphatic carbocycles. The molecule has 2 aromatic carbocycles. The number of carbonyl (C=O) groups excluding carboxylic acids is 1. The molecule has 2 N–H and O–H groups in total. The molecule has 1 atom stereocenters. The van der Waals surface area contributed by atoms with Crippen LogP contribution in [0.2, 0.25) is 0 Å². The average molecular weight is 359 g/mol. The van der Waals surface area contributed by atoms with Crippen LogP contribution in [-0.2, 0) is 4.74 Å². The summed E-state index contributed by atoms with van der Waals surface area (Å²) < 4.78 is 16.1. The molecule has 0 aliphatic heterocycles. The first-order valence-corrected chi connectivity index (χ1v) is 8.37. The molecule has 6 nitrogen and oxygen atoms in total. The van der Waals surface area contributed by atoms with E-state index in [1.165, 1.54) is 14.2 Å². The molecule has 140 valence electrons. The smallest absolute Gasteiger partial charge is 0.251 e. The molecular formula is C20H25NO5. The summed E-state index contributed by atoms with van der Waals surface area (Å²) in [6.07, 6.45) is -0.348. The van der Waals surface area contributed by atoms with E-state index in [1.807, 2.05) is 31.2 Å². The Morgan fingerprint density at radius 1 is 1.08 bits per heavy atom. The lowest BCUT2D eigenvalue weighted by atomic mass is 10.1. The van der Waals surface area contributed by atoms with Crippen molar-refractivity contribution in [2.24, 2.45) is 0 Å². The highest BCUT2D eigenvalue weighted by Gasteiger charge is 2.15. The summed E-state index contributed by atoms with van der Waals surface area (Å²) in [5, 5.41) is 11.9. The van der Waals surface area contributed by atoms with Gasteiger partial charge in [0.1, 0.15) is 11.5 Å². The molecule has 2 rings (SSSR count). The maximum Gasteiger partial charge on any atom is 0.251 e. The van der Waals surface area contributed by atoms with E-state index in [0.29, 0.717) is 17.1 Å². The monoisotopic (exact) mass is 359 g/mol. The van der Waals surface area contributed by atoms with E-state index in [2.05, 4.69) is 5.32 Å². The van der Waals surface area contributed by atoms with Gasteiger partial charge in [-0.2, -0.15) is 0 Å². The lowest BCUT2D eigenvalue weighted by Crippen LogP contribution is -2.30. The lowest BCUT2D eigenvalue weighted by molar-refractivity contribution is 0.0277. The van der Waals surface area contributed by atoms with Gasteiger partial charge in [0.25, 0.3) is 5.91 Å². The molecule has 6 heteroatoms. The first-order chi connectivity index (χ1) is 12.6. The Hall–Kier alpha value is -2.57. The van der Waals surface area contributed by atoms with Crippen LogP contribution in [0.3, 0.4) is 0 Å². The van der Waals surface area contributed by atoms with Crippen LogP contribution >= 0.6 is 0 Å². The number of benzene rings is 2. The van der Waals surface area contributed by atoms with Crippen molar-refractivity contribution in [2.45, 2.75) is 13.0 Å². The summed E-state index contributed by atoms with van der Waals surface area (Å²) in [6, 6.07) is 12.9. The maximum atomic E-state index is 12.5. The van der Waals surface area contributed by atoms with Gasteiger partial charge in [0, 0.05) is 18.2 Å². The summed E-state index contributed by atoms with van der Waals surface area (Å²) >= 11 is 0. The fourth-order valence-corrected chi connectivity index (χ4v) is 2.48. The SMILES string of the molecule is COc1cc(OC)cc(C(=O)NCC(OCCO)c2ccc(C)cc2)c1. The first-order valence-electron chi connectivity index (χ1n) is 8.37. The Bertz CT molecular complexity index is 692. The fourth-order valence-electron chi connectivity index (χ4n) is 2.48. The van der Waals surface area contributed by atoms with Crippen molar-refractivity contribution in [2.75, 3.05) is 34.0 Å². The highest BCUT2D eigenvalue weighted by Crippen LogP contribution is 2.23. The quantitative estimate of drug-likeness (QED) is 0.719. The molecular weight excluding hydrogens is 334 g/mol. The minimum absolute atomic E-state index is 0.0800. The first kappa shape index (κ1) is 19.8. The van der Waals surface area contributed by atoms with Crippen molar-refractivity contribution >= 4 is 5.91 Å². The number of rotatable bonds is 9. The number of hydrogen-bond acceptors (Lipinski definition) is 5. The predicted octanol–water partition coefficient (Wildman–Crippen LogP) is 2.49. The topological polar surface area (TPSA) is 77.0 Å². The van der Waals surface area contributed by atoms with Gasteiger partial charge < -0.3 is 24.6 Å². The fraction of sp³-hybridized carbons (Fsp3) is 0.350. The zero-order valence-electron chi connectivity index (χ0n) is 15.3. The summed E-state index contributed by atoms with van der Waals surface area (Å²) in [7, 11) is 3.07. The van der Waals surface area contributed by atoms with Crippen molar-refractivity contribution in [1.82, 2.24) is 5.32 Å². The third kappa shape index (κ3) is 5.47. The van der Waals surface area contributed by atoms with Crippen molar-refractivity contribution < 1.29 is 24.1 Å². The third-order valence-electron chi connectivity index (χ3n) is 3.92. The Labute approximate surface area is 153 Å². The number of amides is 1. The Kier molecular flexibility index (Phi) is 7.44. The second-order valence-electron chi connectivity index (χ2n) is 5.81. The molecule has 0 aliphatic rings. The zero-order chi connectivity index (χ0) is 18.9. The van der Waals surface area contributed by atoms with E-state index >= 15 is 0 Å². The van der Waals surface area contributed by atoms with E-state index in [0.717, 1.165) is 11.1 Å². The van der Waals surface area contributed by atoms with Gasteiger partial charge in [-0.05, 0) is 24.6 Å². The number of aliphatic hydroxyl groups is 1. The molecule has 0 fully saturated rings. The number of ether oxygens (including phenoxy) is 3. The normalized spacial score (nSPS) is 11.7. The molecule has 0 bridgehead atoms.